The van der Waals surface area contributed by atoms with Crippen molar-refractivity contribution in [1.29, 1.82) is 0 Å². The molecule has 0 radical (unpaired) electrons. The van der Waals surface area contributed by atoms with E-state index in [2.05, 4.69) is 0 Å². The van der Waals surface area contributed by atoms with E-state index in [1.165, 1.54) is 0 Å². The number of methoxy groups -OCH3 is 1. The molecule has 0 saturated carbocycles. The third kappa shape index (κ3) is 2.15. The number of furan rings is 1. The number of halogens is 1. The van der Waals surface area contributed by atoms with Crippen molar-refractivity contribution in [3.8, 4) is 5.75 Å². The summed E-state index contributed by atoms with van der Waals surface area (Å²) < 4.78 is 10.7. The van der Waals surface area contributed by atoms with Gasteiger partial charge in [0, 0.05) is 17.5 Å². The largest absolute Gasteiger partial charge is 0.496 e. The van der Waals surface area contributed by atoms with Crippen LogP contribution in [0.15, 0.2) is 22.6 Å². The molecule has 0 aliphatic heterocycles. The molecule has 3 nitrogen and oxygen atoms in total. The fourth-order valence-corrected chi connectivity index (χ4v) is 1.97. The topological polar surface area (TPSA) is 48.4 Å². The van der Waals surface area contributed by atoms with Crippen LogP contribution in [0.5, 0.6) is 5.75 Å². The van der Waals surface area contributed by atoms with Crippen molar-refractivity contribution in [2.45, 2.75) is 19.4 Å². The van der Waals surface area contributed by atoms with Gasteiger partial charge in [0.2, 0.25) is 0 Å². The van der Waals surface area contributed by atoms with Gasteiger partial charge in [0.05, 0.1) is 7.11 Å². The van der Waals surface area contributed by atoms with Gasteiger partial charge < -0.3 is 14.9 Å². The normalized spacial score (nSPS) is 13.0. The van der Waals surface area contributed by atoms with Gasteiger partial charge in [0.25, 0.3) is 0 Å². The Bertz CT molecular complexity index is 505. The summed E-state index contributed by atoms with van der Waals surface area (Å²) in [6.07, 6.45) is 0.747. The van der Waals surface area contributed by atoms with Crippen molar-refractivity contribution in [2.24, 2.45) is 5.73 Å². The summed E-state index contributed by atoms with van der Waals surface area (Å²) in [4.78, 5) is 0. The summed E-state index contributed by atoms with van der Waals surface area (Å²) >= 11 is 5.80. The smallest absolute Gasteiger partial charge is 0.194 e. The quantitative estimate of drug-likeness (QED) is 0.896. The zero-order valence-corrected chi connectivity index (χ0v) is 10.0. The maximum atomic E-state index is 5.80. The van der Waals surface area contributed by atoms with Gasteiger partial charge in [-0.05, 0) is 42.6 Å². The Kier molecular flexibility index (Phi) is 3.08. The van der Waals surface area contributed by atoms with Crippen LogP contribution in [0.1, 0.15) is 12.5 Å². The van der Waals surface area contributed by atoms with Crippen LogP contribution >= 0.6 is 11.6 Å². The average Bonchev–Trinajstić information content (AvgIpc) is 2.55. The first kappa shape index (κ1) is 11.3. The molecule has 0 spiro atoms. The van der Waals surface area contributed by atoms with Gasteiger partial charge in [0.1, 0.15) is 11.3 Å². The minimum atomic E-state index is 0.0804. The number of fused-ring (bicyclic) bond motifs is 1. The van der Waals surface area contributed by atoms with Crippen LogP contribution in [0, 0.1) is 0 Å². The van der Waals surface area contributed by atoms with Gasteiger partial charge in [-0.1, -0.05) is 0 Å². The second kappa shape index (κ2) is 4.36. The molecule has 0 aliphatic carbocycles. The molecular formula is C12H14ClNO2. The van der Waals surface area contributed by atoms with E-state index in [0.29, 0.717) is 5.22 Å². The van der Waals surface area contributed by atoms with E-state index in [4.69, 9.17) is 26.5 Å². The van der Waals surface area contributed by atoms with E-state index >= 15 is 0 Å². The van der Waals surface area contributed by atoms with Crippen molar-refractivity contribution in [1.82, 2.24) is 0 Å². The first-order valence-electron chi connectivity index (χ1n) is 5.11. The summed E-state index contributed by atoms with van der Waals surface area (Å²) in [7, 11) is 1.65. The van der Waals surface area contributed by atoms with E-state index < -0.39 is 0 Å². The third-order valence-electron chi connectivity index (χ3n) is 2.43. The first-order chi connectivity index (χ1) is 7.60. The molecule has 0 saturated heterocycles. The molecule has 2 aromatic rings. The molecule has 0 amide bonds. The van der Waals surface area contributed by atoms with Crippen LogP contribution in [0.3, 0.4) is 0 Å². The van der Waals surface area contributed by atoms with E-state index in [-0.39, 0.29) is 6.04 Å². The lowest BCUT2D eigenvalue weighted by molar-refractivity contribution is 0.409. The summed E-state index contributed by atoms with van der Waals surface area (Å²) in [6, 6.07) is 5.71. The molecule has 0 fully saturated rings. The van der Waals surface area contributed by atoms with Crippen LogP contribution < -0.4 is 10.5 Å². The number of nitrogens with two attached hydrogens (primary N) is 1. The number of hydrogen-bond donors (Lipinski definition) is 1. The number of benzene rings is 1. The van der Waals surface area contributed by atoms with E-state index in [0.717, 1.165) is 28.7 Å². The van der Waals surface area contributed by atoms with Crippen LogP contribution in [-0.2, 0) is 6.42 Å². The Morgan fingerprint density at radius 2 is 2.19 bits per heavy atom. The van der Waals surface area contributed by atoms with Gasteiger partial charge in [0.15, 0.2) is 5.22 Å². The molecule has 1 aromatic heterocycles. The lowest BCUT2D eigenvalue weighted by Gasteiger charge is -2.10. The van der Waals surface area contributed by atoms with Gasteiger partial charge in [-0.2, -0.15) is 0 Å². The molecule has 86 valence electrons. The van der Waals surface area contributed by atoms with E-state index in [1.54, 1.807) is 13.2 Å². The third-order valence-corrected chi connectivity index (χ3v) is 2.62. The molecule has 1 atom stereocenters. The SMILES string of the molecule is COc1cc2cc(Cl)oc2cc1CC(C)N. The summed E-state index contributed by atoms with van der Waals surface area (Å²) in [5.74, 6) is 0.822. The van der Waals surface area contributed by atoms with Gasteiger partial charge >= 0.3 is 0 Å². The molecule has 0 bridgehead atoms. The molecule has 1 unspecified atom stereocenters. The number of hydrogen-bond acceptors (Lipinski definition) is 3. The van der Waals surface area contributed by atoms with E-state index in [9.17, 15) is 0 Å². The van der Waals surface area contributed by atoms with Crippen molar-refractivity contribution in [3.63, 3.8) is 0 Å². The summed E-state index contributed by atoms with van der Waals surface area (Å²) in [6.45, 7) is 1.96. The second-order valence-electron chi connectivity index (χ2n) is 3.93. The van der Waals surface area contributed by atoms with Crippen molar-refractivity contribution in [3.05, 3.63) is 29.0 Å². The zero-order valence-electron chi connectivity index (χ0n) is 9.29. The highest BCUT2D eigenvalue weighted by Gasteiger charge is 2.10. The molecule has 1 aromatic carbocycles. The maximum absolute atomic E-state index is 5.80. The lowest BCUT2D eigenvalue weighted by Crippen LogP contribution is -2.18. The van der Waals surface area contributed by atoms with Crippen molar-refractivity contribution < 1.29 is 9.15 Å². The Labute approximate surface area is 99.1 Å². The van der Waals surface area contributed by atoms with Crippen LogP contribution in [0.25, 0.3) is 11.0 Å². The maximum Gasteiger partial charge on any atom is 0.194 e. The number of rotatable bonds is 3. The van der Waals surface area contributed by atoms with E-state index in [1.807, 2.05) is 19.1 Å². The molecular weight excluding hydrogens is 226 g/mol. The highest BCUT2D eigenvalue weighted by atomic mass is 35.5. The Balaban J connectivity index is 2.53. The fraction of sp³-hybridized carbons (Fsp3) is 0.333. The standard InChI is InChI=1S/C12H14ClNO2/c1-7(14)3-8-5-11-9(4-10(8)15-2)6-12(13)16-11/h4-7H,3,14H2,1-2H3. The molecule has 16 heavy (non-hydrogen) atoms. The van der Waals surface area contributed by atoms with Gasteiger partial charge in [-0.25, -0.2) is 0 Å². The first-order valence-corrected chi connectivity index (χ1v) is 5.49. The zero-order chi connectivity index (χ0) is 11.7. The predicted molar refractivity (Wildman–Crippen MR) is 65.1 cm³/mol. The Morgan fingerprint density at radius 1 is 1.44 bits per heavy atom. The van der Waals surface area contributed by atoms with Gasteiger partial charge in [-0.3, -0.25) is 0 Å². The predicted octanol–water partition coefficient (Wildman–Crippen LogP) is 2.98. The highest BCUT2D eigenvalue weighted by Crippen LogP contribution is 2.30. The lowest BCUT2D eigenvalue weighted by atomic mass is 10.1. The summed E-state index contributed by atoms with van der Waals surface area (Å²) in [5, 5.41) is 1.32. The Morgan fingerprint density at radius 3 is 2.81 bits per heavy atom. The van der Waals surface area contributed by atoms with Crippen LogP contribution in [-0.4, -0.2) is 13.2 Å². The molecule has 0 aliphatic rings. The van der Waals surface area contributed by atoms with Gasteiger partial charge in [-0.15, -0.1) is 0 Å². The minimum absolute atomic E-state index is 0.0804. The molecule has 2 rings (SSSR count). The van der Waals surface area contributed by atoms with Crippen LogP contribution in [0.4, 0.5) is 0 Å². The van der Waals surface area contributed by atoms with Crippen molar-refractivity contribution in [2.75, 3.05) is 7.11 Å². The molecule has 1 heterocycles. The fourth-order valence-electron chi connectivity index (χ4n) is 1.77. The second-order valence-corrected chi connectivity index (χ2v) is 4.31. The van der Waals surface area contributed by atoms with Crippen molar-refractivity contribution >= 4 is 22.6 Å². The summed E-state index contributed by atoms with van der Waals surface area (Å²) in [5.41, 5.74) is 7.59. The Hall–Kier alpha value is -1.19. The molecule has 2 N–H and O–H groups in total. The molecule has 4 heteroatoms. The number of ether oxygens (including phenoxy) is 1. The average molecular weight is 240 g/mol. The highest BCUT2D eigenvalue weighted by molar-refractivity contribution is 6.29. The minimum Gasteiger partial charge on any atom is -0.496 e. The monoisotopic (exact) mass is 239 g/mol. The van der Waals surface area contributed by atoms with Crippen LogP contribution in [0.2, 0.25) is 5.22 Å².